The Morgan fingerprint density at radius 2 is 2.00 bits per heavy atom. The van der Waals surface area contributed by atoms with Gasteiger partial charge in [-0.1, -0.05) is 17.4 Å². The summed E-state index contributed by atoms with van der Waals surface area (Å²) in [6.07, 6.45) is 4.65. The normalized spacial score (nSPS) is 16.8. The molecule has 0 aliphatic carbocycles. The molecule has 0 saturated carbocycles. The van der Waals surface area contributed by atoms with Gasteiger partial charge in [-0.05, 0) is 32.0 Å². The summed E-state index contributed by atoms with van der Waals surface area (Å²) in [6.45, 7) is 5.08. The first-order valence-electron chi connectivity index (χ1n) is 8.60. The fourth-order valence-corrected chi connectivity index (χ4v) is 4.06. The molecule has 1 amide bonds. The highest BCUT2D eigenvalue weighted by Crippen LogP contribution is 2.25. The predicted molar refractivity (Wildman–Crippen MR) is 100 cm³/mol. The van der Waals surface area contributed by atoms with Crippen LogP contribution < -0.4 is 4.74 Å². The highest BCUT2D eigenvalue weighted by Gasteiger charge is 2.30. The monoisotopic (exact) mass is 368 g/mol. The Bertz CT molecular complexity index is 920. The van der Waals surface area contributed by atoms with Gasteiger partial charge in [-0.25, -0.2) is 9.97 Å². The van der Waals surface area contributed by atoms with Crippen LogP contribution in [-0.4, -0.2) is 44.5 Å². The van der Waals surface area contributed by atoms with Gasteiger partial charge < -0.3 is 14.2 Å². The zero-order valence-electron chi connectivity index (χ0n) is 14.8. The third kappa shape index (κ3) is 3.35. The second kappa shape index (κ2) is 6.92. The van der Waals surface area contributed by atoms with Gasteiger partial charge in [0.1, 0.15) is 11.0 Å². The molecule has 0 bridgehead atoms. The quantitative estimate of drug-likeness (QED) is 0.709. The summed E-state index contributed by atoms with van der Waals surface area (Å²) < 4.78 is 7.87. The first-order valence-corrected chi connectivity index (χ1v) is 9.42. The Morgan fingerprint density at radius 3 is 2.77 bits per heavy atom. The summed E-state index contributed by atoms with van der Waals surface area (Å²) in [5, 5.41) is 0.812. The highest BCUT2D eigenvalue weighted by molar-refractivity contribution is 7.16. The molecule has 0 N–H and O–H groups in total. The minimum Gasteiger partial charge on any atom is -0.472 e. The lowest BCUT2D eigenvalue weighted by molar-refractivity contribution is 0.0775. The number of aromatic nitrogens is 3. The number of amides is 1. The summed E-state index contributed by atoms with van der Waals surface area (Å²) in [5.74, 6) is 0.648. The first kappa shape index (κ1) is 16.8. The van der Waals surface area contributed by atoms with Gasteiger partial charge in [0.15, 0.2) is 5.13 Å². The van der Waals surface area contributed by atoms with Crippen molar-refractivity contribution >= 4 is 17.2 Å². The van der Waals surface area contributed by atoms with Crippen molar-refractivity contribution in [2.24, 2.45) is 0 Å². The summed E-state index contributed by atoms with van der Waals surface area (Å²) >= 11 is 1.43. The van der Waals surface area contributed by atoms with Gasteiger partial charge >= 0.3 is 0 Å². The van der Waals surface area contributed by atoms with Crippen molar-refractivity contribution in [3.8, 4) is 11.0 Å². The van der Waals surface area contributed by atoms with Crippen molar-refractivity contribution in [3.63, 3.8) is 0 Å². The molecule has 26 heavy (non-hydrogen) atoms. The number of thiazole rings is 1. The third-order valence-corrected chi connectivity index (χ3v) is 5.55. The van der Waals surface area contributed by atoms with Crippen molar-refractivity contribution in [3.05, 3.63) is 59.0 Å². The molecule has 1 saturated heterocycles. The molecule has 1 fully saturated rings. The predicted octanol–water partition coefficient (Wildman–Crippen LogP) is 3.24. The molecule has 7 heteroatoms. The first-order chi connectivity index (χ1) is 12.6. The van der Waals surface area contributed by atoms with Gasteiger partial charge in [-0.3, -0.25) is 4.79 Å². The highest BCUT2D eigenvalue weighted by atomic mass is 32.1. The molecule has 3 aromatic heterocycles. The van der Waals surface area contributed by atoms with Crippen LogP contribution in [0.15, 0.2) is 42.7 Å². The summed E-state index contributed by atoms with van der Waals surface area (Å²) in [5.41, 5.74) is 1.69. The molecule has 134 valence electrons. The maximum Gasteiger partial charge on any atom is 0.266 e. The Balaban J connectivity index is 1.45. The molecule has 4 heterocycles. The van der Waals surface area contributed by atoms with Crippen LogP contribution in [0.1, 0.15) is 27.5 Å². The number of hydrogen-bond donors (Lipinski definition) is 0. The van der Waals surface area contributed by atoms with Crippen molar-refractivity contribution in [2.45, 2.75) is 26.4 Å². The van der Waals surface area contributed by atoms with Crippen molar-refractivity contribution in [2.75, 3.05) is 13.1 Å². The van der Waals surface area contributed by atoms with E-state index in [1.807, 2.05) is 66.0 Å². The molecule has 0 radical (unpaired) electrons. The molecular formula is C19H20N4O2S. The summed E-state index contributed by atoms with van der Waals surface area (Å²) in [4.78, 5) is 24.4. The Morgan fingerprint density at radius 1 is 1.19 bits per heavy atom. The molecular weight excluding hydrogens is 348 g/mol. The van der Waals surface area contributed by atoms with Crippen LogP contribution in [0.2, 0.25) is 0 Å². The third-order valence-electron chi connectivity index (χ3n) is 4.39. The number of likely N-dealkylation sites (tertiary alicyclic amines) is 1. The van der Waals surface area contributed by atoms with E-state index in [4.69, 9.17) is 4.74 Å². The lowest BCUT2D eigenvalue weighted by Gasteiger charge is -2.16. The second-order valence-corrected chi connectivity index (χ2v) is 7.38. The van der Waals surface area contributed by atoms with E-state index in [2.05, 4.69) is 9.97 Å². The number of carbonyl (C=O) groups excluding carboxylic acids is 1. The summed E-state index contributed by atoms with van der Waals surface area (Å²) in [7, 11) is 0. The van der Waals surface area contributed by atoms with Crippen molar-refractivity contribution in [1.82, 2.24) is 19.4 Å². The largest absolute Gasteiger partial charge is 0.472 e. The minimum absolute atomic E-state index is 0.0228. The van der Waals surface area contributed by atoms with Crippen LogP contribution in [0, 0.1) is 13.8 Å². The fraction of sp³-hybridized carbons (Fsp3) is 0.316. The van der Waals surface area contributed by atoms with E-state index < -0.39 is 0 Å². The van der Waals surface area contributed by atoms with Crippen molar-refractivity contribution in [1.29, 1.82) is 0 Å². The number of pyridine rings is 1. The standard InChI is InChI=1S/C19H20N4O2S/c1-13-6-5-7-16(20-13)25-15-8-11-23(12-15)18(24)17-14(2)21-19(26-17)22-9-3-4-10-22/h3-7,9-10,15H,8,11-12H2,1-2H3. The number of rotatable bonds is 4. The topological polar surface area (TPSA) is 60.2 Å². The lowest BCUT2D eigenvalue weighted by atomic mass is 10.3. The fourth-order valence-electron chi connectivity index (χ4n) is 3.06. The van der Waals surface area contributed by atoms with E-state index in [1.165, 1.54) is 11.3 Å². The lowest BCUT2D eigenvalue weighted by Crippen LogP contribution is -2.30. The maximum atomic E-state index is 12.9. The van der Waals surface area contributed by atoms with Gasteiger partial charge in [0.2, 0.25) is 5.88 Å². The van der Waals surface area contributed by atoms with Crippen molar-refractivity contribution < 1.29 is 9.53 Å². The van der Waals surface area contributed by atoms with E-state index in [9.17, 15) is 4.79 Å². The molecule has 4 rings (SSSR count). The Kier molecular flexibility index (Phi) is 4.46. The van der Waals surface area contributed by atoms with E-state index in [0.717, 1.165) is 22.9 Å². The second-order valence-electron chi connectivity index (χ2n) is 6.40. The molecule has 0 aromatic carbocycles. The van der Waals surface area contributed by atoms with E-state index in [0.29, 0.717) is 23.8 Å². The average molecular weight is 368 g/mol. The summed E-state index contributed by atoms with van der Waals surface area (Å²) in [6, 6.07) is 9.61. The number of nitrogens with zero attached hydrogens (tertiary/aromatic N) is 4. The smallest absolute Gasteiger partial charge is 0.266 e. The van der Waals surface area contributed by atoms with Gasteiger partial charge in [0.25, 0.3) is 5.91 Å². The zero-order valence-corrected chi connectivity index (χ0v) is 15.6. The minimum atomic E-state index is -0.0228. The number of carbonyl (C=O) groups is 1. The van der Waals surface area contributed by atoms with Gasteiger partial charge in [-0.15, -0.1) is 0 Å². The Labute approximate surface area is 156 Å². The Hall–Kier alpha value is -2.67. The number of aryl methyl sites for hydroxylation is 2. The van der Waals surface area contributed by atoms with E-state index >= 15 is 0 Å². The molecule has 1 aliphatic heterocycles. The van der Waals surface area contributed by atoms with Crippen LogP contribution in [0.4, 0.5) is 0 Å². The number of hydrogen-bond acceptors (Lipinski definition) is 5. The number of ether oxygens (including phenoxy) is 1. The molecule has 6 nitrogen and oxygen atoms in total. The molecule has 1 aliphatic rings. The zero-order chi connectivity index (χ0) is 18.1. The SMILES string of the molecule is Cc1cccc(OC2CCN(C(=O)c3sc(-n4cccc4)nc3C)C2)n1. The molecule has 0 spiro atoms. The van der Waals surface area contributed by atoms with Gasteiger partial charge in [0.05, 0.1) is 12.2 Å². The van der Waals surface area contributed by atoms with Crippen LogP contribution in [0.3, 0.4) is 0 Å². The van der Waals surface area contributed by atoms with E-state index in [1.54, 1.807) is 0 Å². The van der Waals surface area contributed by atoms with Gasteiger partial charge in [0, 0.05) is 37.1 Å². The van der Waals surface area contributed by atoms with E-state index in [-0.39, 0.29) is 12.0 Å². The van der Waals surface area contributed by atoms with Gasteiger partial charge in [-0.2, -0.15) is 0 Å². The van der Waals surface area contributed by atoms with Crippen LogP contribution >= 0.6 is 11.3 Å². The average Bonchev–Trinajstić information content (AvgIpc) is 3.34. The van der Waals surface area contributed by atoms with Crippen LogP contribution in [-0.2, 0) is 0 Å². The van der Waals surface area contributed by atoms with Crippen LogP contribution in [0.25, 0.3) is 5.13 Å². The molecule has 1 atom stereocenters. The van der Waals surface area contributed by atoms with Crippen LogP contribution in [0.5, 0.6) is 5.88 Å². The molecule has 3 aromatic rings. The molecule has 1 unspecified atom stereocenters. The maximum absolute atomic E-state index is 12.9.